The second kappa shape index (κ2) is 8.05. The minimum Gasteiger partial charge on any atom is -0.481 e. The summed E-state index contributed by atoms with van der Waals surface area (Å²) >= 11 is 1.17. The molecular formula is C19H18FN3O2S. The van der Waals surface area contributed by atoms with Crippen LogP contribution in [0.25, 0.3) is 5.69 Å². The molecule has 7 heteroatoms. The molecule has 0 fully saturated rings. The average Bonchev–Trinajstić information content (AvgIpc) is 3.03. The summed E-state index contributed by atoms with van der Waals surface area (Å²) in [5.74, 6) is -1.24. The fraction of sp³-hybridized carbons (Fsp3) is 0.158. The number of anilines is 1. The maximum atomic E-state index is 13.0. The van der Waals surface area contributed by atoms with Gasteiger partial charge in [-0.3, -0.25) is 9.36 Å². The van der Waals surface area contributed by atoms with Crippen molar-refractivity contribution in [3.63, 3.8) is 0 Å². The molecule has 0 aliphatic carbocycles. The number of rotatable bonds is 7. The molecule has 2 aromatic carbocycles. The van der Waals surface area contributed by atoms with Gasteiger partial charge in [0, 0.05) is 11.4 Å². The van der Waals surface area contributed by atoms with Gasteiger partial charge in [0.15, 0.2) is 5.16 Å². The van der Waals surface area contributed by atoms with Crippen LogP contribution in [-0.2, 0) is 11.3 Å². The van der Waals surface area contributed by atoms with E-state index < -0.39 is 5.97 Å². The summed E-state index contributed by atoms with van der Waals surface area (Å²) in [7, 11) is 0. The lowest BCUT2D eigenvalue weighted by atomic mass is 10.2. The van der Waals surface area contributed by atoms with Crippen molar-refractivity contribution in [2.24, 2.45) is 0 Å². The molecule has 0 unspecified atom stereocenters. The van der Waals surface area contributed by atoms with Gasteiger partial charge in [0.2, 0.25) is 0 Å². The zero-order valence-electron chi connectivity index (χ0n) is 14.1. The number of carboxylic acids is 1. The highest BCUT2D eigenvalue weighted by atomic mass is 32.2. The highest BCUT2D eigenvalue weighted by Crippen LogP contribution is 2.24. The first-order valence-electron chi connectivity index (χ1n) is 8.00. The van der Waals surface area contributed by atoms with Crippen LogP contribution in [-0.4, -0.2) is 26.4 Å². The Morgan fingerprint density at radius 2 is 1.88 bits per heavy atom. The van der Waals surface area contributed by atoms with Crippen molar-refractivity contribution in [3.05, 3.63) is 71.8 Å². The summed E-state index contributed by atoms with van der Waals surface area (Å²) in [4.78, 5) is 15.3. The van der Waals surface area contributed by atoms with E-state index in [2.05, 4.69) is 10.3 Å². The van der Waals surface area contributed by atoms with Crippen LogP contribution >= 0.6 is 11.8 Å². The Kier molecular flexibility index (Phi) is 5.58. The lowest BCUT2D eigenvalue weighted by Crippen LogP contribution is -2.08. The molecular weight excluding hydrogens is 353 g/mol. The summed E-state index contributed by atoms with van der Waals surface area (Å²) in [6.07, 6.45) is 1.72. The third kappa shape index (κ3) is 4.43. The van der Waals surface area contributed by atoms with Gasteiger partial charge in [0.05, 0.1) is 24.2 Å². The van der Waals surface area contributed by atoms with Crippen LogP contribution in [0.15, 0.2) is 59.9 Å². The molecule has 0 saturated carbocycles. The van der Waals surface area contributed by atoms with Gasteiger partial charge in [-0.2, -0.15) is 0 Å². The largest absolute Gasteiger partial charge is 0.481 e. The van der Waals surface area contributed by atoms with E-state index in [0.29, 0.717) is 11.7 Å². The van der Waals surface area contributed by atoms with Crippen LogP contribution in [0, 0.1) is 12.7 Å². The topological polar surface area (TPSA) is 67.2 Å². The average molecular weight is 371 g/mol. The van der Waals surface area contributed by atoms with Crippen LogP contribution < -0.4 is 5.32 Å². The van der Waals surface area contributed by atoms with Gasteiger partial charge in [-0.25, -0.2) is 9.37 Å². The molecule has 0 bridgehead atoms. The van der Waals surface area contributed by atoms with E-state index in [0.717, 1.165) is 22.6 Å². The quantitative estimate of drug-likeness (QED) is 0.612. The molecule has 0 radical (unpaired) electrons. The van der Waals surface area contributed by atoms with Gasteiger partial charge in [-0.15, -0.1) is 0 Å². The molecule has 134 valence electrons. The Balaban J connectivity index is 1.87. The predicted octanol–water partition coefficient (Wildman–Crippen LogP) is 4.11. The molecule has 2 N–H and O–H groups in total. The van der Waals surface area contributed by atoms with Crippen LogP contribution in [0.4, 0.5) is 10.1 Å². The molecule has 26 heavy (non-hydrogen) atoms. The van der Waals surface area contributed by atoms with E-state index in [1.807, 2.05) is 35.8 Å². The number of nitrogens with zero attached hydrogens (tertiary/aromatic N) is 2. The second-order valence-corrected chi connectivity index (χ2v) is 6.69. The van der Waals surface area contributed by atoms with E-state index in [-0.39, 0.29) is 11.6 Å². The van der Waals surface area contributed by atoms with Gasteiger partial charge >= 0.3 is 5.97 Å². The minimum atomic E-state index is -0.889. The zero-order valence-corrected chi connectivity index (χ0v) is 15.0. The van der Waals surface area contributed by atoms with E-state index in [1.165, 1.54) is 23.9 Å². The van der Waals surface area contributed by atoms with Crippen molar-refractivity contribution in [2.75, 3.05) is 11.1 Å². The minimum absolute atomic E-state index is 0.0618. The molecule has 0 aliphatic rings. The van der Waals surface area contributed by atoms with Crippen molar-refractivity contribution in [3.8, 4) is 5.69 Å². The number of hydrogen-bond acceptors (Lipinski definition) is 4. The van der Waals surface area contributed by atoms with E-state index in [9.17, 15) is 9.18 Å². The van der Waals surface area contributed by atoms with Crippen LogP contribution in [0.3, 0.4) is 0 Å². The third-order valence-corrected chi connectivity index (χ3v) is 4.67. The molecule has 1 heterocycles. The van der Waals surface area contributed by atoms with Crippen molar-refractivity contribution < 1.29 is 14.3 Å². The summed E-state index contributed by atoms with van der Waals surface area (Å²) in [5, 5.41) is 12.8. The van der Waals surface area contributed by atoms with E-state index >= 15 is 0 Å². The molecule has 0 amide bonds. The standard InChI is InChI=1S/C19H18FN3O2S/c1-13-2-8-16(9-3-13)23-17(11-22-19(23)26-12-18(24)25)10-21-15-6-4-14(20)5-7-15/h2-9,11,21H,10,12H2,1H3,(H,24,25). The summed E-state index contributed by atoms with van der Waals surface area (Å²) in [6, 6.07) is 14.1. The number of aromatic nitrogens is 2. The Labute approximate surface area is 154 Å². The molecule has 5 nitrogen and oxygen atoms in total. The van der Waals surface area contributed by atoms with Gasteiger partial charge in [-0.05, 0) is 43.3 Å². The molecule has 0 spiro atoms. The molecule has 3 rings (SSSR count). The lowest BCUT2D eigenvalue weighted by Gasteiger charge is -2.13. The fourth-order valence-electron chi connectivity index (χ4n) is 2.45. The normalized spacial score (nSPS) is 10.7. The molecule has 0 atom stereocenters. The number of imidazole rings is 1. The maximum Gasteiger partial charge on any atom is 0.313 e. The Bertz CT molecular complexity index is 892. The molecule has 3 aromatic rings. The van der Waals surface area contributed by atoms with Gasteiger partial charge in [0.1, 0.15) is 5.82 Å². The van der Waals surface area contributed by atoms with Crippen molar-refractivity contribution in [1.29, 1.82) is 0 Å². The first kappa shape index (κ1) is 18.0. The summed E-state index contributed by atoms with van der Waals surface area (Å²) in [6.45, 7) is 2.48. The smallest absolute Gasteiger partial charge is 0.313 e. The number of aliphatic carboxylic acids is 1. The SMILES string of the molecule is Cc1ccc(-n2c(CNc3ccc(F)cc3)cnc2SCC(=O)O)cc1. The first-order valence-corrected chi connectivity index (χ1v) is 8.99. The second-order valence-electron chi connectivity index (χ2n) is 5.75. The zero-order chi connectivity index (χ0) is 18.5. The van der Waals surface area contributed by atoms with Crippen molar-refractivity contribution in [1.82, 2.24) is 9.55 Å². The monoisotopic (exact) mass is 371 g/mol. The third-order valence-electron chi connectivity index (χ3n) is 3.74. The molecule has 1 aromatic heterocycles. The number of nitrogens with one attached hydrogen (secondary N) is 1. The molecule has 0 saturated heterocycles. The predicted molar refractivity (Wildman–Crippen MR) is 100 cm³/mol. The number of carbonyl (C=O) groups is 1. The van der Waals surface area contributed by atoms with Gasteiger partial charge in [-0.1, -0.05) is 29.5 Å². The highest BCUT2D eigenvalue weighted by Gasteiger charge is 2.14. The van der Waals surface area contributed by atoms with Crippen molar-refractivity contribution in [2.45, 2.75) is 18.6 Å². The number of halogens is 1. The van der Waals surface area contributed by atoms with Gasteiger partial charge in [0.25, 0.3) is 0 Å². The maximum absolute atomic E-state index is 13.0. The van der Waals surface area contributed by atoms with Crippen LogP contribution in [0.5, 0.6) is 0 Å². The number of aryl methyl sites for hydroxylation is 1. The first-order chi connectivity index (χ1) is 12.5. The van der Waals surface area contributed by atoms with E-state index in [1.54, 1.807) is 18.3 Å². The lowest BCUT2D eigenvalue weighted by molar-refractivity contribution is -0.133. The summed E-state index contributed by atoms with van der Waals surface area (Å²) < 4.78 is 15.0. The Morgan fingerprint density at radius 1 is 1.19 bits per heavy atom. The summed E-state index contributed by atoms with van der Waals surface area (Å²) in [5.41, 5.74) is 3.73. The van der Waals surface area contributed by atoms with Crippen molar-refractivity contribution >= 4 is 23.4 Å². The van der Waals surface area contributed by atoms with Gasteiger partial charge < -0.3 is 10.4 Å². The highest BCUT2D eigenvalue weighted by molar-refractivity contribution is 7.99. The van der Waals surface area contributed by atoms with Crippen LogP contribution in [0.2, 0.25) is 0 Å². The Hall–Kier alpha value is -2.80. The number of thioether (sulfide) groups is 1. The fourth-order valence-corrected chi connectivity index (χ4v) is 3.18. The Morgan fingerprint density at radius 3 is 2.54 bits per heavy atom. The number of carboxylic acid groups (broad SMARTS) is 1. The number of benzene rings is 2. The molecule has 0 aliphatic heterocycles. The van der Waals surface area contributed by atoms with E-state index in [4.69, 9.17) is 5.11 Å². The number of hydrogen-bond donors (Lipinski definition) is 2. The van der Waals surface area contributed by atoms with Crippen LogP contribution in [0.1, 0.15) is 11.3 Å².